The van der Waals surface area contributed by atoms with Crippen LogP contribution in [0.5, 0.6) is 5.75 Å². The van der Waals surface area contributed by atoms with Crippen LogP contribution in [0.4, 0.5) is 5.69 Å². The van der Waals surface area contributed by atoms with E-state index in [1.54, 1.807) is 0 Å². The maximum Gasteiger partial charge on any atom is 0.276 e. The molecule has 0 bridgehead atoms. The first kappa shape index (κ1) is 20.0. The summed E-state index contributed by atoms with van der Waals surface area (Å²) < 4.78 is 5.67. The molecular formula is C19H22ClN3O2S. The Morgan fingerprint density at radius 1 is 1.19 bits per heavy atom. The van der Waals surface area contributed by atoms with Crippen molar-refractivity contribution in [1.82, 2.24) is 10.9 Å². The minimum atomic E-state index is -0.343. The predicted octanol–water partition coefficient (Wildman–Crippen LogP) is 4.17. The highest BCUT2D eigenvalue weighted by Crippen LogP contribution is 2.31. The molecule has 7 heteroatoms. The summed E-state index contributed by atoms with van der Waals surface area (Å²) in [6.07, 6.45) is 0. The molecule has 0 saturated carbocycles. The summed E-state index contributed by atoms with van der Waals surface area (Å²) >= 11 is 11.3. The van der Waals surface area contributed by atoms with Crippen LogP contribution < -0.4 is 20.9 Å². The van der Waals surface area contributed by atoms with Crippen LogP contribution in [0.3, 0.4) is 0 Å². The molecule has 1 amide bonds. The smallest absolute Gasteiger partial charge is 0.276 e. The van der Waals surface area contributed by atoms with Gasteiger partial charge in [0.1, 0.15) is 5.75 Å². The van der Waals surface area contributed by atoms with E-state index < -0.39 is 0 Å². The summed E-state index contributed by atoms with van der Waals surface area (Å²) in [5.74, 6) is 0.540. The number of thiocarbonyl (C=S) groups is 1. The average Bonchev–Trinajstić information content (AvgIpc) is 2.61. The van der Waals surface area contributed by atoms with Crippen LogP contribution >= 0.6 is 23.8 Å². The lowest BCUT2D eigenvalue weighted by molar-refractivity contribution is -0.123. The first-order valence-electron chi connectivity index (χ1n) is 8.20. The van der Waals surface area contributed by atoms with E-state index in [0.717, 1.165) is 16.8 Å². The number of halogens is 1. The van der Waals surface area contributed by atoms with Crippen molar-refractivity contribution >= 4 is 40.5 Å². The van der Waals surface area contributed by atoms with Crippen molar-refractivity contribution in [2.45, 2.75) is 26.7 Å². The molecule has 0 unspecified atom stereocenters. The molecule has 0 aliphatic heterocycles. The van der Waals surface area contributed by atoms with Crippen molar-refractivity contribution in [1.29, 1.82) is 0 Å². The number of nitrogens with one attached hydrogen (secondary N) is 3. The van der Waals surface area contributed by atoms with Gasteiger partial charge in [0.15, 0.2) is 11.7 Å². The largest absolute Gasteiger partial charge is 0.483 e. The second kappa shape index (κ2) is 9.40. The summed E-state index contributed by atoms with van der Waals surface area (Å²) in [7, 11) is 0. The molecule has 0 fully saturated rings. The molecule has 0 saturated heterocycles. The second-order valence-electron chi connectivity index (χ2n) is 6.08. The van der Waals surface area contributed by atoms with Gasteiger partial charge < -0.3 is 10.1 Å². The van der Waals surface area contributed by atoms with Gasteiger partial charge >= 0.3 is 0 Å². The standard InChI is InChI=1S/C19H22ClN3O2S/c1-12(2)15-10-16(20)13(3)9-17(15)25-11-18(24)22-23-19(26)21-14-7-5-4-6-8-14/h4-10,12H,11H2,1-3H3,(H,22,24)(H2,21,23,26). The highest BCUT2D eigenvalue weighted by atomic mass is 35.5. The predicted molar refractivity (Wildman–Crippen MR) is 110 cm³/mol. The van der Waals surface area contributed by atoms with Gasteiger partial charge in [-0.1, -0.05) is 43.6 Å². The van der Waals surface area contributed by atoms with Crippen molar-refractivity contribution in [3.05, 3.63) is 58.6 Å². The number of hydrogen-bond donors (Lipinski definition) is 3. The van der Waals surface area contributed by atoms with Gasteiger partial charge in [-0.3, -0.25) is 15.6 Å². The molecule has 0 atom stereocenters. The number of para-hydroxylation sites is 1. The SMILES string of the molecule is Cc1cc(OCC(=O)NNC(=S)Nc2ccccc2)c(C(C)C)cc1Cl. The Labute approximate surface area is 164 Å². The minimum absolute atomic E-state index is 0.137. The zero-order chi connectivity index (χ0) is 19.1. The molecule has 3 N–H and O–H groups in total. The molecular weight excluding hydrogens is 370 g/mol. The summed E-state index contributed by atoms with van der Waals surface area (Å²) in [5.41, 5.74) is 7.84. The van der Waals surface area contributed by atoms with Gasteiger partial charge in [0.25, 0.3) is 5.91 Å². The summed E-state index contributed by atoms with van der Waals surface area (Å²) in [6.45, 7) is 5.85. The van der Waals surface area contributed by atoms with Gasteiger partial charge in [-0.15, -0.1) is 0 Å². The van der Waals surface area contributed by atoms with E-state index in [9.17, 15) is 4.79 Å². The van der Waals surface area contributed by atoms with Crippen molar-refractivity contribution in [3.8, 4) is 5.75 Å². The van der Waals surface area contributed by atoms with Gasteiger partial charge in [-0.2, -0.15) is 0 Å². The van der Waals surface area contributed by atoms with Crippen LogP contribution in [0.25, 0.3) is 0 Å². The van der Waals surface area contributed by atoms with Crippen molar-refractivity contribution in [2.24, 2.45) is 0 Å². The quantitative estimate of drug-likeness (QED) is 0.527. The van der Waals surface area contributed by atoms with E-state index >= 15 is 0 Å². The van der Waals surface area contributed by atoms with E-state index in [0.29, 0.717) is 10.8 Å². The molecule has 26 heavy (non-hydrogen) atoms. The average molecular weight is 392 g/mol. The molecule has 0 aliphatic rings. The number of carbonyl (C=O) groups is 1. The van der Waals surface area contributed by atoms with E-state index in [-0.39, 0.29) is 23.5 Å². The highest BCUT2D eigenvalue weighted by Gasteiger charge is 2.12. The van der Waals surface area contributed by atoms with Crippen LogP contribution in [-0.2, 0) is 4.79 Å². The maximum atomic E-state index is 12.0. The molecule has 0 radical (unpaired) electrons. The van der Waals surface area contributed by atoms with Crippen LogP contribution in [0, 0.1) is 6.92 Å². The van der Waals surface area contributed by atoms with Crippen molar-refractivity contribution in [3.63, 3.8) is 0 Å². The third-order valence-electron chi connectivity index (χ3n) is 3.62. The zero-order valence-corrected chi connectivity index (χ0v) is 16.5. The Morgan fingerprint density at radius 3 is 2.54 bits per heavy atom. The number of amides is 1. The summed E-state index contributed by atoms with van der Waals surface area (Å²) in [4.78, 5) is 12.0. The van der Waals surface area contributed by atoms with Gasteiger partial charge in [-0.05, 0) is 60.5 Å². The number of benzene rings is 2. The zero-order valence-electron chi connectivity index (χ0n) is 14.9. The first-order valence-corrected chi connectivity index (χ1v) is 8.99. The number of carbonyl (C=O) groups excluding carboxylic acids is 1. The number of ether oxygens (including phenoxy) is 1. The topological polar surface area (TPSA) is 62.4 Å². The van der Waals surface area contributed by atoms with Crippen molar-refractivity contribution in [2.75, 3.05) is 11.9 Å². The van der Waals surface area contributed by atoms with Crippen LogP contribution in [0.2, 0.25) is 5.02 Å². The number of hydrogen-bond acceptors (Lipinski definition) is 3. The molecule has 2 rings (SSSR count). The third kappa shape index (κ3) is 5.89. The Morgan fingerprint density at radius 2 is 1.88 bits per heavy atom. The molecule has 0 spiro atoms. The molecule has 138 valence electrons. The van der Waals surface area contributed by atoms with Gasteiger partial charge in [0, 0.05) is 10.7 Å². The monoisotopic (exact) mass is 391 g/mol. The summed E-state index contributed by atoms with van der Waals surface area (Å²) in [6, 6.07) is 13.1. The highest BCUT2D eigenvalue weighted by molar-refractivity contribution is 7.80. The Balaban J connectivity index is 1.85. The lowest BCUT2D eigenvalue weighted by Crippen LogP contribution is -2.45. The fourth-order valence-corrected chi connectivity index (χ4v) is 2.58. The van der Waals surface area contributed by atoms with Crippen molar-refractivity contribution < 1.29 is 9.53 Å². The third-order valence-corrected chi connectivity index (χ3v) is 4.23. The number of aryl methyl sites for hydroxylation is 1. The lowest BCUT2D eigenvalue weighted by atomic mass is 10.0. The Hall–Kier alpha value is -2.31. The maximum absolute atomic E-state index is 12.0. The van der Waals surface area contributed by atoms with E-state index in [1.807, 2.05) is 63.2 Å². The van der Waals surface area contributed by atoms with Gasteiger partial charge in [-0.25, -0.2) is 0 Å². The van der Waals surface area contributed by atoms with Gasteiger partial charge in [0.2, 0.25) is 0 Å². The van der Waals surface area contributed by atoms with Crippen LogP contribution in [-0.4, -0.2) is 17.6 Å². The molecule has 5 nitrogen and oxygen atoms in total. The first-order chi connectivity index (χ1) is 12.4. The van der Waals surface area contributed by atoms with E-state index in [1.165, 1.54) is 0 Å². The molecule has 2 aromatic carbocycles. The normalized spacial score (nSPS) is 10.3. The van der Waals surface area contributed by atoms with Gasteiger partial charge in [0.05, 0.1) is 0 Å². The van der Waals surface area contributed by atoms with E-state index in [2.05, 4.69) is 16.2 Å². The molecule has 0 aliphatic carbocycles. The second-order valence-corrected chi connectivity index (χ2v) is 6.89. The fraction of sp³-hybridized carbons (Fsp3) is 0.263. The van der Waals surface area contributed by atoms with Crippen LogP contribution in [0.15, 0.2) is 42.5 Å². The summed E-state index contributed by atoms with van der Waals surface area (Å²) in [5, 5.41) is 3.93. The lowest BCUT2D eigenvalue weighted by Gasteiger charge is -2.16. The number of hydrazine groups is 1. The number of anilines is 1. The molecule has 0 heterocycles. The molecule has 2 aromatic rings. The Kier molecular flexibility index (Phi) is 7.24. The Bertz CT molecular complexity index is 782. The molecule has 0 aromatic heterocycles. The number of rotatable bonds is 5. The van der Waals surface area contributed by atoms with E-state index in [4.69, 9.17) is 28.6 Å². The van der Waals surface area contributed by atoms with Crippen LogP contribution in [0.1, 0.15) is 30.9 Å². The fourth-order valence-electron chi connectivity index (χ4n) is 2.24. The minimum Gasteiger partial charge on any atom is -0.483 e.